The van der Waals surface area contributed by atoms with Crippen LogP contribution in [-0.2, 0) is 0 Å². The highest BCUT2D eigenvalue weighted by Crippen LogP contribution is 2.48. The SMILES string of the molecule is CSc1ccc(C=C2c3ccc(F)cc3C(CC#N)C2C)cc1. The summed E-state index contributed by atoms with van der Waals surface area (Å²) in [5, 5.41) is 9.11. The fourth-order valence-electron chi connectivity index (χ4n) is 3.31. The van der Waals surface area contributed by atoms with Crippen molar-refractivity contribution in [3.05, 3.63) is 65.0 Å². The highest BCUT2D eigenvalue weighted by molar-refractivity contribution is 7.98. The Labute approximate surface area is 140 Å². The lowest BCUT2D eigenvalue weighted by molar-refractivity contribution is 0.586. The lowest BCUT2D eigenvalue weighted by Gasteiger charge is -2.13. The fourth-order valence-corrected chi connectivity index (χ4v) is 3.72. The molecule has 1 aliphatic carbocycles. The monoisotopic (exact) mass is 323 g/mol. The van der Waals surface area contributed by atoms with Gasteiger partial charge in [0.05, 0.1) is 6.07 Å². The Morgan fingerprint density at radius 3 is 2.61 bits per heavy atom. The zero-order valence-electron chi connectivity index (χ0n) is 13.2. The minimum Gasteiger partial charge on any atom is -0.207 e. The summed E-state index contributed by atoms with van der Waals surface area (Å²) in [4.78, 5) is 1.23. The molecule has 0 aliphatic heterocycles. The Kier molecular flexibility index (Phi) is 4.54. The summed E-state index contributed by atoms with van der Waals surface area (Å²) < 4.78 is 13.6. The molecule has 0 heterocycles. The van der Waals surface area contributed by atoms with Gasteiger partial charge in [0.15, 0.2) is 0 Å². The highest BCUT2D eigenvalue weighted by atomic mass is 32.2. The van der Waals surface area contributed by atoms with Crippen LogP contribution in [0.15, 0.2) is 47.4 Å². The normalized spacial score (nSPS) is 21.2. The van der Waals surface area contributed by atoms with Gasteiger partial charge in [-0.3, -0.25) is 0 Å². The maximum absolute atomic E-state index is 13.6. The molecule has 0 amide bonds. The number of fused-ring (bicyclic) bond motifs is 1. The lowest BCUT2D eigenvalue weighted by Crippen LogP contribution is -2.02. The molecule has 0 saturated carbocycles. The van der Waals surface area contributed by atoms with Crippen molar-refractivity contribution < 1.29 is 4.39 Å². The molecule has 0 N–H and O–H groups in total. The minimum absolute atomic E-state index is 0.0717. The van der Waals surface area contributed by atoms with E-state index in [1.165, 1.54) is 16.5 Å². The number of thioether (sulfide) groups is 1. The first-order chi connectivity index (χ1) is 11.1. The third-order valence-corrected chi connectivity index (χ3v) is 5.31. The Bertz CT molecular complexity index is 786. The maximum Gasteiger partial charge on any atom is 0.123 e. The van der Waals surface area contributed by atoms with Gasteiger partial charge in [-0.2, -0.15) is 5.26 Å². The molecule has 23 heavy (non-hydrogen) atoms. The van der Waals surface area contributed by atoms with Crippen LogP contribution in [0.4, 0.5) is 4.39 Å². The molecule has 0 radical (unpaired) electrons. The first-order valence-corrected chi connectivity index (χ1v) is 8.89. The summed E-state index contributed by atoms with van der Waals surface area (Å²) in [6.07, 6.45) is 4.65. The van der Waals surface area contributed by atoms with Crippen LogP contribution < -0.4 is 0 Å². The molecule has 116 valence electrons. The third kappa shape index (κ3) is 3.04. The van der Waals surface area contributed by atoms with Crippen LogP contribution in [0.3, 0.4) is 0 Å². The van der Waals surface area contributed by atoms with Crippen LogP contribution in [0.25, 0.3) is 11.6 Å². The molecule has 2 aromatic carbocycles. The van der Waals surface area contributed by atoms with E-state index in [-0.39, 0.29) is 17.7 Å². The van der Waals surface area contributed by atoms with E-state index in [1.807, 2.05) is 6.07 Å². The number of nitriles is 1. The van der Waals surface area contributed by atoms with Crippen molar-refractivity contribution in [3.8, 4) is 6.07 Å². The van der Waals surface area contributed by atoms with Crippen LogP contribution in [-0.4, -0.2) is 6.26 Å². The predicted molar refractivity (Wildman–Crippen MR) is 94.6 cm³/mol. The van der Waals surface area contributed by atoms with Crippen LogP contribution in [0.5, 0.6) is 0 Å². The van der Waals surface area contributed by atoms with E-state index in [1.54, 1.807) is 17.8 Å². The maximum atomic E-state index is 13.6. The summed E-state index contributed by atoms with van der Waals surface area (Å²) in [5.41, 5.74) is 4.37. The molecule has 0 aromatic heterocycles. The molecular weight excluding hydrogens is 305 g/mol. The van der Waals surface area contributed by atoms with Gasteiger partial charge in [0.2, 0.25) is 0 Å². The van der Waals surface area contributed by atoms with Crippen LogP contribution >= 0.6 is 11.8 Å². The standard InChI is InChI=1S/C20H18FNS/c1-13-17(9-10-22)20-12-15(21)5-8-18(20)19(13)11-14-3-6-16(23-2)7-4-14/h3-8,11-13,17H,9H2,1-2H3. The van der Waals surface area contributed by atoms with Crippen LogP contribution in [0.1, 0.15) is 36.0 Å². The van der Waals surface area contributed by atoms with E-state index in [4.69, 9.17) is 5.26 Å². The molecule has 0 saturated heterocycles. The second-order valence-electron chi connectivity index (χ2n) is 5.86. The van der Waals surface area contributed by atoms with Crippen molar-refractivity contribution in [2.75, 3.05) is 6.26 Å². The van der Waals surface area contributed by atoms with Crippen molar-refractivity contribution in [2.45, 2.75) is 24.2 Å². The molecule has 2 unspecified atom stereocenters. The molecule has 2 aromatic rings. The molecule has 0 spiro atoms. The zero-order chi connectivity index (χ0) is 16.4. The Balaban J connectivity index is 2.05. The summed E-state index contributed by atoms with van der Waals surface area (Å²) in [6, 6.07) is 15.6. The van der Waals surface area contributed by atoms with Gasteiger partial charge >= 0.3 is 0 Å². The van der Waals surface area contributed by atoms with E-state index < -0.39 is 0 Å². The molecule has 0 bridgehead atoms. The van der Waals surface area contributed by atoms with Crippen LogP contribution in [0.2, 0.25) is 0 Å². The average Bonchev–Trinajstić information content (AvgIpc) is 2.81. The number of nitrogens with zero attached hydrogens (tertiary/aromatic N) is 1. The second kappa shape index (κ2) is 6.60. The van der Waals surface area contributed by atoms with Gasteiger partial charge in [-0.25, -0.2) is 4.39 Å². The van der Waals surface area contributed by atoms with Crippen LogP contribution in [0, 0.1) is 23.1 Å². The van der Waals surface area contributed by atoms with E-state index in [0.717, 1.165) is 16.7 Å². The van der Waals surface area contributed by atoms with Crippen molar-refractivity contribution in [2.24, 2.45) is 5.92 Å². The minimum atomic E-state index is -0.232. The molecule has 3 heteroatoms. The topological polar surface area (TPSA) is 23.8 Å². The Morgan fingerprint density at radius 2 is 1.96 bits per heavy atom. The van der Waals surface area contributed by atoms with Crippen molar-refractivity contribution in [1.82, 2.24) is 0 Å². The largest absolute Gasteiger partial charge is 0.207 e. The molecule has 0 fully saturated rings. The summed E-state index contributed by atoms with van der Waals surface area (Å²) >= 11 is 1.72. The highest BCUT2D eigenvalue weighted by Gasteiger charge is 2.33. The number of benzene rings is 2. The van der Waals surface area contributed by atoms with Crippen molar-refractivity contribution >= 4 is 23.4 Å². The molecule has 3 rings (SSSR count). The predicted octanol–water partition coefficient (Wildman–Crippen LogP) is 5.74. The number of hydrogen-bond donors (Lipinski definition) is 0. The zero-order valence-corrected chi connectivity index (χ0v) is 14.0. The molecule has 1 aliphatic rings. The van der Waals surface area contributed by atoms with E-state index >= 15 is 0 Å². The van der Waals surface area contributed by atoms with Crippen molar-refractivity contribution in [1.29, 1.82) is 5.26 Å². The lowest BCUT2D eigenvalue weighted by atomic mass is 9.89. The molecule has 1 nitrogen and oxygen atoms in total. The third-order valence-electron chi connectivity index (χ3n) is 4.57. The summed E-state index contributed by atoms with van der Waals surface area (Å²) in [6.45, 7) is 2.13. The average molecular weight is 323 g/mol. The van der Waals surface area contributed by atoms with Gasteiger partial charge < -0.3 is 0 Å². The second-order valence-corrected chi connectivity index (χ2v) is 6.74. The smallest absolute Gasteiger partial charge is 0.123 e. The van der Waals surface area contributed by atoms with E-state index in [0.29, 0.717) is 6.42 Å². The van der Waals surface area contributed by atoms with Crippen molar-refractivity contribution in [3.63, 3.8) is 0 Å². The molecular formula is C20H18FNS. The van der Waals surface area contributed by atoms with Gasteiger partial charge in [-0.15, -0.1) is 11.8 Å². The first-order valence-electron chi connectivity index (χ1n) is 7.66. The Hall–Kier alpha value is -2.05. The van der Waals surface area contributed by atoms with E-state index in [2.05, 4.69) is 49.6 Å². The van der Waals surface area contributed by atoms with Gasteiger partial charge in [-0.1, -0.05) is 31.2 Å². The van der Waals surface area contributed by atoms with Gasteiger partial charge in [0, 0.05) is 17.2 Å². The summed E-state index contributed by atoms with van der Waals surface area (Å²) in [5.74, 6) is 0.0542. The van der Waals surface area contributed by atoms with Gasteiger partial charge in [-0.05, 0) is 58.7 Å². The first kappa shape index (κ1) is 15.8. The number of rotatable bonds is 3. The number of allylic oxidation sites excluding steroid dienone is 1. The van der Waals surface area contributed by atoms with E-state index in [9.17, 15) is 4.39 Å². The number of halogens is 1. The summed E-state index contributed by atoms with van der Waals surface area (Å²) in [7, 11) is 0. The fraction of sp³-hybridized carbons (Fsp3) is 0.250. The van der Waals surface area contributed by atoms with Gasteiger partial charge in [0.25, 0.3) is 0 Å². The quantitative estimate of drug-likeness (QED) is 0.673. The van der Waals surface area contributed by atoms with Gasteiger partial charge in [0.1, 0.15) is 5.82 Å². The number of hydrogen-bond acceptors (Lipinski definition) is 2. The Morgan fingerprint density at radius 1 is 1.22 bits per heavy atom. The molecule has 2 atom stereocenters.